The third-order valence-corrected chi connectivity index (χ3v) is 5.98. The van der Waals surface area contributed by atoms with Gasteiger partial charge in [-0.1, -0.05) is 59.9 Å². The van der Waals surface area contributed by atoms with Crippen LogP contribution in [0.15, 0.2) is 89.8 Å². The minimum atomic E-state index is -0.383. The van der Waals surface area contributed by atoms with E-state index >= 15 is 0 Å². The number of carbonyl (C=O) groups is 1. The second kappa shape index (κ2) is 9.13. The highest BCUT2D eigenvalue weighted by Gasteiger charge is 2.22. The van der Waals surface area contributed by atoms with Gasteiger partial charge in [-0.05, 0) is 18.2 Å². The topological polar surface area (TPSA) is 82.2 Å². The molecule has 5 rings (SSSR count). The highest BCUT2D eigenvalue weighted by atomic mass is 32.1. The molecule has 0 fully saturated rings. The Kier molecular flexibility index (Phi) is 5.73. The van der Waals surface area contributed by atoms with Crippen molar-refractivity contribution in [1.82, 2.24) is 14.5 Å². The van der Waals surface area contributed by atoms with E-state index in [1.54, 1.807) is 12.3 Å². The van der Waals surface area contributed by atoms with E-state index in [1.807, 2.05) is 78.5 Å². The van der Waals surface area contributed by atoms with Crippen LogP contribution in [0.1, 0.15) is 16.1 Å². The molecule has 7 nitrogen and oxygen atoms in total. The van der Waals surface area contributed by atoms with Crippen molar-refractivity contribution >= 4 is 22.4 Å². The first kappa shape index (κ1) is 20.7. The third kappa shape index (κ3) is 4.42. The summed E-state index contributed by atoms with van der Waals surface area (Å²) in [6.45, 7) is 0.217. The van der Waals surface area contributed by atoms with Gasteiger partial charge in [0.2, 0.25) is 0 Å². The molecule has 3 heterocycles. The molecular weight excluding hydrogens is 436 g/mol. The Labute approximate surface area is 194 Å². The number of nitrogens with zero attached hydrogens (tertiary/aromatic N) is 3. The number of nitrogens with one attached hydrogen (secondary N) is 1. The molecule has 2 aromatic carbocycles. The number of hydrogen-bond acceptors (Lipinski definition) is 6. The molecule has 0 saturated carbocycles. The standard InChI is InChI=1S/C25H20N4O3S/c1-29-14-13-26-23(29)22-20(17-8-4-2-5-9-17)27-25(33-22)28-24(30)21-18(12-15-31-21)16-32-19-10-6-3-7-11-19/h2-15H,16H2,1H3,(H,27,28,30). The first-order valence-electron chi connectivity index (χ1n) is 10.3. The van der Waals surface area contributed by atoms with Gasteiger partial charge in [0.05, 0.1) is 16.8 Å². The van der Waals surface area contributed by atoms with Crippen LogP contribution in [-0.2, 0) is 13.7 Å². The zero-order chi connectivity index (χ0) is 22.6. The van der Waals surface area contributed by atoms with Crippen molar-refractivity contribution in [3.8, 4) is 27.7 Å². The number of rotatable bonds is 7. The SMILES string of the molecule is Cn1ccnc1-c1sc(NC(=O)c2occc2COc2ccccc2)nc1-c1ccccc1. The minimum absolute atomic E-state index is 0.195. The van der Waals surface area contributed by atoms with Crippen LogP contribution in [0.3, 0.4) is 0 Å². The van der Waals surface area contributed by atoms with Crippen LogP contribution < -0.4 is 10.1 Å². The normalized spacial score (nSPS) is 10.8. The van der Waals surface area contributed by atoms with E-state index in [-0.39, 0.29) is 18.3 Å². The van der Waals surface area contributed by atoms with Crippen molar-refractivity contribution in [3.05, 3.63) is 96.7 Å². The van der Waals surface area contributed by atoms with E-state index in [0.29, 0.717) is 10.7 Å². The van der Waals surface area contributed by atoms with Gasteiger partial charge in [-0.25, -0.2) is 9.97 Å². The van der Waals surface area contributed by atoms with Crippen LogP contribution in [-0.4, -0.2) is 20.4 Å². The van der Waals surface area contributed by atoms with Crippen molar-refractivity contribution in [3.63, 3.8) is 0 Å². The van der Waals surface area contributed by atoms with E-state index in [4.69, 9.17) is 14.1 Å². The number of carbonyl (C=O) groups excluding carboxylic acids is 1. The molecule has 0 unspecified atom stereocenters. The van der Waals surface area contributed by atoms with Gasteiger partial charge in [0.15, 0.2) is 16.7 Å². The molecule has 0 aliphatic rings. The maximum atomic E-state index is 13.0. The predicted octanol–water partition coefficient (Wildman–Crippen LogP) is 5.63. The predicted molar refractivity (Wildman–Crippen MR) is 127 cm³/mol. The highest BCUT2D eigenvalue weighted by molar-refractivity contribution is 7.19. The average molecular weight is 457 g/mol. The number of amides is 1. The molecule has 0 aliphatic carbocycles. The summed E-state index contributed by atoms with van der Waals surface area (Å²) in [7, 11) is 1.93. The monoisotopic (exact) mass is 456 g/mol. The Morgan fingerprint density at radius 1 is 1.09 bits per heavy atom. The first-order chi connectivity index (χ1) is 16.2. The quantitative estimate of drug-likeness (QED) is 0.343. The second-order valence-corrected chi connectivity index (χ2v) is 8.25. The third-order valence-electron chi connectivity index (χ3n) is 5.01. The number of thiazole rings is 1. The van der Waals surface area contributed by atoms with Gasteiger partial charge < -0.3 is 13.7 Å². The summed E-state index contributed by atoms with van der Waals surface area (Å²) in [6.07, 6.45) is 5.10. The molecule has 33 heavy (non-hydrogen) atoms. The van der Waals surface area contributed by atoms with Crippen LogP contribution in [0.25, 0.3) is 22.0 Å². The smallest absolute Gasteiger partial charge is 0.293 e. The lowest BCUT2D eigenvalue weighted by Crippen LogP contribution is -2.13. The fourth-order valence-electron chi connectivity index (χ4n) is 3.38. The Hall–Kier alpha value is -4.17. The van der Waals surface area contributed by atoms with Gasteiger partial charge in [-0.3, -0.25) is 10.1 Å². The molecule has 1 amide bonds. The van der Waals surface area contributed by atoms with Gasteiger partial charge in [0.1, 0.15) is 12.4 Å². The Morgan fingerprint density at radius 3 is 2.58 bits per heavy atom. The van der Waals surface area contributed by atoms with Crippen molar-refractivity contribution in [2.24, 2.45) is 7.05 Å². The second-order valence-electron chi connectivity index (χ2n) is 7.26. The van der Waals surface area contributed by atoms with Crippen LogP contribution in [0.5, 0.6) is 5.75 Å². The number of aryl methyl sites for hydroxylation is 1. The first-order valence-corrected chi connectivity index (χ1v) is 11.1. The number of anilines is 1. The maximum Gasteiger partial charge on any atom is 0.293 e. The van der Waals surface area contributed by atoms with Crippen LogP contribution >= 0.6 is 11.3 Å². The Balaban J connectivity index is 1.40. The molecule has 0 aliphatic heterocycles. The number of benzene rings is 2. The lowest BCUT2D eigenvalue weighted by molar-refractivity contribution is 0.0993. The highest BCUT2D eigenvalue weighted by Crippen LogP contribution is 2.38. The molecule has 164 valence electrons. The Bertz CT molecular complexity index is 1370. The number of furan rings is 1. The number of para-hydroxylation sites is 1. The summed E-state index contributed by atoms with van der Waals surface area (Å²) in [5.74, 6) is 1.31. The van der Waals surface area contributed by atoms with E-state index in [0.717, 1.165) is 27.7 Å². The zero-order valence-electron chi connectivity index (χ0n) is 17.8. The summed E-state index contributed by atoms with van der Waals surface area (Å²) in [4.78, 5) is 23.1. The number of hydrogen-bond donors (Lipinski definition) is 1. The van der Waals surface area contributed by atoms with Gasteiger partial charge in [0, 0.05) is 30.6 Å². The van der Waals surface area contributed by atoms with Gasteiger partial charge >= 0.3 is 0 Å². The summed E-state index contributed by atoms with van der Waals surface area (Å²) >= 11 is 1.37. The van der Waals surface area contributed by atoms with Gasteiger partial charge in [0.25, 0.3) is 5.91 Å². The molecule has 0 radical (unpaired) electrons. The molecule has 5 aromatic rings. The minimum Gasteiger partial charge on any atom is -0.489 e. The summed E-state index contributed by atoms with van der Waals surface area (Å²) in [5.41, 5.74) is 2.36. The fourth-order valence-corrected chi connectivity index (χ4v) is 4.40. The summed E-state index contributed by atoms with van der Waals surface area (Å²) < 4.78 is 13.2. The largest absolute Gasteiger partial charge is 0.489 e. The Morgan fingerprint density at radius 2 is 1.85 bits per heavy atom. The summed E-state index contributed by atoms with van der Waals surface area (Å²) in [5, 5.41) is 3.34. The van der Waals surface area contributed by atoms with Crippen molar-refractivity contribution in [2.45, 2.75) is 6.61 Å². The van der Waals surface area contributed by atoms with Crippen LogP contribution in [0.2, 0.25) is 0 Å². The lowest BCUT2D eigenvalue weighted by atomic mass is 10.1. The van der Waals surface area contributed by atoms with E-state index in [9.17, 15) is 4.79 Å². The van der Waals surface area contributed by atoms with Gasteiger partial charge in [-0.15, -0.1) is 0 Å². The zero-order valence-corrected chi connectivity index (χ0v) is 18.6. The van der Waals surface area contributed by atoms with Crippen molar-refractivity contribution < 1.29 is 13.9 Å². The number of ether oxygens (including phenoxy) is 1. The molecule has 0 atom stereocenters. The van der Waals surface area contributed by atoms with Crippen LogP contribution in [0.4, 0.5) is 5.13 Å². The molecule has 0 bridgehead atoms. The molecule has 0 saturated heterocycles. The van der Waals surface area contributed by atoms with Crippen LogP contribution in [0, 0.1) is 0 Å². The molecule has 3 aromatic heterocycles. The molecule has 0 spiro atoms. The fraction of sp³-hybridized carbons (Fsp3) is 0.0800. The number of imidazole rings is 1. The molecular formula is C25H20N4O3S. The number of aromatic nitrogens is 3. The van der Waals surface area contributed by atoms with E-state index < -0.39 is 0 Å². The summed E-state index contributed by atoms with van der Waals surface area (Å²) in [6, 6.07) is 21.0. The molecule has 8 heteroatoms. The van der Waals surface area contributed by atoms with Crippen molar-refractivity contribution in [1.29, 1.82) is 0 Å². The lowest BCUT2D eigenvalue weighted by Gasteiger charge is -2.06. The van der Waals surface area contributed by atoms with Gasteiger partial charge in [-0.2, -0.15) is 0 Å². The average Bonchev–Trinajstić information content (AvgIpc) is 3.58. The van der Waals surface area contributed by atoms with E-state index in [2.05, 4.69) is 10.3 Å². The van der Waals surface area contributed by atoms with E-state index in [1.165, 1.54) is 17.6 Å². The van der Waals surface area contributed by atoms with Crippen molar-refractivity contribution in [2.75, 3.05) is 5.32 Å². The maximum absolute atomic E-state index is 13.0. The molecule has 1 N–H and O–H groups in total.